The summed E-state index contributed by atoms with van der Waals surface area (Å²) in [6.07, 6.45) is 16.4. The average molecular weight is 325 g/mol. The van der Waals surface area contributed by atoms with Crippen LogP contribution in [0.1, 0.15) is 58.3 Å². The second kappa shape index (κ2) is 15.3. The Hall–Kier alpha value is -1.62. The average Bonchev–Trinajstić information content (AvgIpc) is 2.49. The second-order valence-electron chi connectivity index (χ2n) is 5.89. The van der Waals surface area contributed by atoms with E-state index in [1.807, 2.05) is 0 Å². The van der Waals surface area contributed by atoms with Crippen molar-refractivity contribution in [3.05, 3.63) is 24.4 Å². The fraction of sp³-hybridized carbons (Fsp3) is 0.667. The smallest absolute Gasteiger partial charge is 0.359 e. The largest absolute Gasteiger partial charge is 0.477 e. The van der Waals surface area contributed by atoms with Crippen LogP contribution < -0.4 is 10.2 Å². The Morgan fingerprint density at radius 1 is 1.04 bits per heavy atom. The van der Waals surface area contributed by atoms with E-state index in [-0.39, 0.29) is 12.5 Å². The van der Waals surface area contributed by atoms with Gasteiger partial charge >= 0.3 is 5.97 Å². The first-order valence-electron chi connectivity index (χ1n) is 8.68. The van der Waals surface area contributed by atoms with Crippen LogP contribution in [0.25, 0.3) is 0 Å². The minimum absolute atomic E-state index is 0.0306. The quantitative estimate of drug-likeness (QED) is 0.337. The van der Waals surface area contributed by atoms with Crippen LogP contribution in [-0.4, -0.2) is 37.1 Å². The summed E-state index contributed by atoms with van der Waals surface area (Å²) in [7, 11) is 1.80. The van der Waals surface area contributed by atoms with Crippen LogP contribution in [0.4, 0.5) is 0 Å². The van der Waals surface area contributed by atoms with Crippen molar-refractivity contribution in [3.63, 3.8) is 0 Å². The summed E-state index contributed by atoms with van der Waals surface area (Å²) in [4.78, 5) is 23.0. The molecule has 0 aliphatic heterocycles. The van der Waals surface area contributed by atoms with Crippen molar-refractivity contribution < 1.29 is 19.6 Å². The van der Waals surface area contributed by atoms with E-state index in [0.29, 0.717) is 13.0 Å². The normalized spacial score (nSPS) is 12.8. The third-order valence-electron chi connectivity index (χ3n) is 3.46. The van der Waals surface area contributed by atoms with Gasteiger partial charge in [-0.3, -0.25) is 4.79 Å². The summed E-state index contributed by atoms with van der Waals surface area (Å²) < 4.78 is 0. The predicted molar refractivity (Wildman–Crippen MR) is 93.3 cm³/mol. The Morgan fingerprint density at radius 2 is 1.74 bits per heavy atom. The van der Waals surface area contributed by atoms with Gasteiger partial charge in [-0.25, -0.2) is 4.79 Å². The van der Waals surface area contributed by atoms with E-state index in [1.165, 1.54) is 19.3 Å². The molecule has 5 heteroatoms. The maximum absolute atomic E-state index is 11.6. The van der Waals surface area contributed by atoms with E-state index < -0.39 is 5.97 Å². The highest BCUT2D eigenvalue weighted by Gasteiger charge is 2.04. The molecule has 1 atom stereocenters. The Morgan fingerprint density at radius 3 is 2.43 bits per heavy atom. The van der Waals surface area contributed by atoms with Gasteiger partial charge in [0.25, 0.3) is 0 Å². The molecule has 0 rings (SSSR count). The van der Waals surface area contributed by atoms with E-state index in [0.717, 1.165) is 30.6 Å². The van der Waals surface area contributed by atoms with E-state index >= 15 is 0 Å². The van der Waals surface area contributed by atoms with Crippen LogP contribution in [0.15, 0.2) is 24.4 Å². The zero-order valence-electron chi connectivity index (χ0n) is 14.6. The monoisotopic (exact) mass is 325 g/mol. The van der Waals surface area contributed by atoms with Gasteiger partial charge in [0.05, 0.1) is 13.6 Å². The highest BCUT2D eigenvalue weighted by molar-refractivity contribution is 5.76. The van der Waals surface area contributed by atoms with Gasteiger partial charge in [0.2, 0.25) is 5.91 Å². The van der Waals surface area contributed by atoms with E-state index in [1.54, 1.807) is 19.3 Å². The molecule has 0 saturated carbocycles. The van der Waals surface area contributed by atoms with Crippen molar-refractivity contribution in [3.8, 4) is 0 Å². The fourth-order valence-electron chi connectivity index (χ4n) is 2.18. The molecule has 1 amide bonds. The summed E-state index contributed by atoms with van der Waals surface area (Å²) in [6.45, 7) is 2.80. The number of carbonyl (C=O) groups is 2. The Labute approximate surface area is 140 Å². The summed E-state index contributed by atoms with van der Waals surface area (Å²) >= 11 is 0. The first-order chi connectivity index (χ1) is 11.1. The van der Waals surface area contributed by atoms with Crippen LogP contribution in [-0.2, 0) is 9.59 Å². The van der Waals surface area contributed by atoms with Gasteiger partial charge in [-0.2, -0.15) is 0 Å². The first kappa shape index (κ1) is 21.4. The van der Waals surface area contributed by atoms with Gasteiger partial charge in [-0.1, -0.05) is 38.3 Å². The van der Waals surface area contributed by atoms with E-state index in [9.17, 15) is 9.59 Å². The molecule has 0 aromatic heterocycles. The lowest BCUT2D eigenvalue weighted by molar-refractivity contribution is -0.865. The zero-order chi connectivity index (χ0) is 17.3. The van der Waals surface area contributed by atoms with Crippen molar-refractivity contribution in [1.29, 1.82) is 0 Å². The van der Waals surface area contributed by atoms with Crippen LogP contribution in [0.3, 0.4) is 0 Å². The third kappa shape index (κ3) is 16.6. The minimum Gasteiger partial charge on any atom is -0.477 e. The number of unbranched alkanes of at least 4 members (excludes halogenated alkanes) is 5. The number of carboxylic acid groups (broad SMARTS) is 1. The molecule has 0 aliphatic rings. The number of aliphatic carboxylic acids is 1. The molecule has 0 aromatic carbocycles. The van der Waals surface area contributed by atoms with Crippen molar-refractivity contribution in [2.75, 3.05) is 20.1 Å². The number of allylic oxidation sites excluding steroid dienone is 2. The molecule has 3 N–H and O–H groups in total. The fourth-order valence-corrected chi connectivity index (χ4v) is 2.18. The SMILES string of the molecule is CCC=CCCCCCCCC(=O)NC=CC[NH+](C)CC(=O)O. The summed E-state index contributed by atoms with van der Waals surface area (Å²) in [6, 6.07) is 0. The molecule has 0 heterocycles. The van der Waals surface area contributed by atoms with Gasteiger partial charge in [-0.05, 0) is 31.8 Å². The molecule has 0 fully saturated rings. The number of quaternary nitrogens is 1. The van der Waals surface area contributed by atoms with Crippen LogP contribution in [0.2, 0.25) is 0 Å². The van der Waals surface area contributed by atoms with Gasteiger partial charge in [0.15, 0.2) is 6.54 Å². The van der Waals surface area contributed by atoms with Gasteiger partial charge in [0.1, 0.15) is 0 Å². The van der Waals surface area contributed by atoms with Crippen molar-refractivity contribution in [2.45, 2.75) is 58.3 Å². The Kier molecular flexibility index (Phi) is 14.2. The number of hydrogen-bond donors (Lipinski definition) is 3. The molecule has 0 aliphatic carbocycles. The van der Waals surface area contributed by atoms with Gasteiger partial charge in [0, 0.05) is 12.6 Å². The number of amides is 1. The number of carbonyl (C=O) groups excluding carboxylic acids is 1. The summed E-state index contributed by atoms with van der Waals surface area (Å²) in [5.41, 5.74) is 0. The van der Waals surface area contributed by atoms with Gasteiger partial charge < -0.3 is 15.3 Å². The number of hydrogen-bond acceptors (Lipinski definition) is 2. The van der Waals surface area contributed by atoms with Crippen LogP contribution >= 0.6 is 0 Å². The van der Waals surface area contributed by atoms with E-state index in [2.05, 4.69) is 24.4 Å². The summed E-state index contributed by atoms with van der Waals surface area (Å²) in [5, 5.41) is 11.4. The Bertz CT molecular complexity index is 378. The lowest BCUT2D eigenvalue weighted by Crippen LogP contribution is -3.09. The lowest BCUT2D eigenvalue weighted by Gasteiger charge is -2.07. The highest BCUT2D eigenvalue weighted by Crippen LogP contribution is 2.07. The van der Waals surface area contributed by atoms with Crippen molar-refractivity contribution >= 4 is 11.9 Å². The van der Waals surface area contributed by atoms with Crippen molar-refractivity contribution in [1.82, 2.24) is 5.32 Å². The molecule has 0 radical (unpaired) electrons. The molecule has 0 spiro atoms. The summed E-state index contributed by atoms with van der Waals surface area (Å²) in [5.74, 6) is -0.788. The number of nitrogens with one attached hydrogen (secondary N) is 2. The zero-order valence-corrected chi connectivity index (χ0v) is 14.6. The molecular weight excluding hydrogens is 292 g/mol. The topological polar surface area (TPSA) is 70.8 Å². The minimum atomic E-state index is -0.818. The maximum Gasteiger partial charge on any atom is 0.359 e. The molecule has 1 unspecified atom stereocenters. The molecule has 0 bridgehead atoms. The third-order valence-corrected chi connectivity index (χ3v) is 3.46. The number of rotatable bonds is 14. The molecule has 0 aromatic rings. The first-order valence-corrected chi connectivity index (χ1v) is 8.68. The van der Waals surface area contributed by atoms with Crippen LogP contribution in [0.5, 0.6) is 0 Å². The predicted octanol–water partition coefficient (Wildman–Crippen LogP) is 1.91. The standard InChI is InChI=1S/C18H32N2O3/c1-3-4-5-6-7-8-9-10-11-13-17(21)19-14-12-15-20(2)16-18(22)23/h4-5,12,14H,3,6-11,13,15-16H2,1-2H3,(H,19,21)(H,22,23)/p+1. The molecule has 0 saturated heterocycles. The maximum atomic E-state index is 11.6. The molecular formula is C18H33N2O3+. The number of likely N-dealkylation sites (N-methyl/N-ethyl adjacent to an activating group) is 1. The van der Waals surface area contributed by atoms with E-state index in [4.69, 9.17) is 5.11 Å². The van der Waals surface area contributed by atoms with Crippen LogP contribution in [0, 0.1) is 0 Å². The highest BCUT2D eigenvalue weighted by atomic mass is 16.4. The lowest BCUT2D eigenvalue weighted by atomic mass is 10.1. The number of carboxylic acids is 1. The molecule has 5 nitrogen and oxygen atoms in total. The van der Waals surface area contributed by atoms with Gasteiger partial charge in [-0.15, -0.1) is 0 Å². The Balaban J connectivity index is 3.46. The second-order valence-corrected chi connectivity index (χ2v) is 5.89. The van der Waals surface area contributed by atoms with Crippen molar-refractivity contribution in [2.24, 2.45) is 0 Å². The molecule has 23 heavy (non-hydrogen) atoms. The molecule has 132 valence electrons.